The zero-order valence-corrected chi connectivity index (χ0v) is 18.8. The van der Waals surface area contributed by atoms with Crippen LogP contribution in [0.4, 0.5) is 10.5 Å². The van der Waals surface area contributed by atoms with Crippen LogP contribution in [0.15, 0.2) is 24.3 Å². The lowest BCUT2D eigenvalue weighted by molar-refractivity contribution is -0.137. The molecule has 1 N–H and O–H groups in total. The van der Waals surface area contributed by atoms with Crippen molar-refractivity contribution in [1.29, 1.82) is 0 Å². The molecule has 0 aliphatic carbocycles. The second-order valence-corrected chi connectivity index (χ2v) is 7.98. The van der Waals surface area contributed by atoms with E-state index in [1.165, 1.54) is 0 Å². The highest BCUT2D eigenvalue weighted by Crippen LogP contribution is 2.16. The lowest BCUT2D eigenvalue weighted by Gasteiger charge is -2.24. The summed E-state index contributed by atoms with van der Waals surface area (Å²) in [5.41, 5.74) is 0.645. The number of carbonyl (C=O) groups is 3. The van der Waals surface area contributed by atoms with Crippen LogP contribution in [0.1, 0.15) is 46.0 Å². The van der Waals surface area contributed by atoms with Gasteiger partial charge in [0.1, 0.15) is 0 Å². The molecular formula is C22H33ClN4O3. The molecule has 1 fully saturated rings. The fraction of sp³-hybridized carbons (Fsp3) is 0.591. The number of nitrogens with zero attached hydrogens (tertiary/aromatic N) is 3. The van der Waals surface area contributed by atoms with Gasteiger partial charge in [-0.25, -0.2) is 4.79 Å². The van der Waals surface area contributed by atoms with Gasteiger partial charge >= 0.3 is 6.03 Å². The molecule has 0 saturated carbocycles. The van der Waals surface area contributed by atoms with E-state index < -0.39 is 0 Å². The third-order valence-corrected chi connectivity index (χ3v) is 5.34. The summed E-state index contributed by atoms with van der Waals surface area (Å²) in [7, 11) is 0. The van der Waals surface area contributed by atoms with Gasteiger partial charge in [-0.15, -0.1) is 0 Å². The molecule has 1 heterocycles. The van der Waals surface area contributed by atoms with Crippen LogP contribution in [-0.4, -0.2) is 71.8 Å². The topological polar surface area (TPSA) is 73.0 Å². The number of benzene rings is 1. The molecule has 0 spiro atoms. The molecule has 166 valence electrons. The van der Waals surface area contributed by atoms with Crippen molar-refractivity contribution in [2.24, 2.45) is 0 Å². The Morgan fingerprint density at radius 2 is 1.67 bits per heavy atom. The first kappa shape index (κ1) is 24.0. The SMILES string of the molecule is CCCN(CCC)C(=O)CCC(=O)N1CCCN(C(=O)Nc2cccc(Cl)c2)CC1. The second-order valence-electron chi connectivity index (χ2n) is 7.54. The Morgan fingerprint density at radius 1 is 1.00 bits per heavy atom. The minimum absolute atomic E-state index is 0.0200. The van der Waals surface area contributed by atoms with Crippen molar-refractivity contribution in [2.75, 3.05) is 44.6 Å². The summed E-state index contributed by atoms with van der Waals surface area (Å²) < 4.78 is 0. The Hall–Kier alpha value is -2.28. The van der Waals surface area contributed by atoms with E-state index in [0.29, 0.717) is 43.3 Å². The van der Waals surface area contributed by atoms with Crippen molar-refractivity contribution < 1.29 is 14.4 Å². The van der Waals surface area contributed by atoms with E-state index in [4.69, 9.17) is 11.6 Å². The highest BCUT2D eigenvalue weighted by Gasteiger charge is 2.23. The van der Waals surface area contributed by atoms with Crippen LogP contribution < -0.4 is 5.32 Å². The van der Waals surface area contributed by atoms with Crippen LogP contribution >= 0.6 is 11.6 Å². The van der Waals surface area contributed by atoms with E-state index in [2.05, 4.69) is 5.32 Å². The number of carbonyl (C=O) groups excluding carboxylic acids is 3. The highest BCUT2D eigenvalue weighted by molar-refractivity contribution is 6.30. The number of nitrogens with one attached hydrogen (secondary N) is 1. The van der Waals surface area contributed by atoms with Crippen molar-refractivity contribution in [1.82, 2.24) is 14.7 Å². The molecule has 8 heteroatoms. The summed E-state index contributed by atoms with van der Waals surface area (Å²) in [5.74, 6) is 0.0257. The Bertz CT molecular complexity index is 722. The maximum Gasteiger partial charge on any atom is 0.321 e. The molecule has 30 heavy (non-hydrogen) atoms. The maximum absolute atomic E-state index is 12.6. The summed E-state index contributed by atoms with van der Waals surface area (Å²) >= 11 is 5.96. The van der Waals surface area contributed by atoms with Gasteiger partial charge in [0.15, 0.2) is 0 Å². The van der Waals surface area contributed by atoms with Gasteiger partial charge in [-0.3, -0.25) is 9.59 Å². The predicted molar refractivity (Wildman–Crippen MR) is 120 cm³/mol. The standard InChI is InChI=1S/C22H33ClN4O3/c1-3-11-25(12-4-2)20(28)9-10-21(29)26-13-6-14-27(16-15-26)22(30)24-19-8-5-7-18(23)17-19/h5,7-8,17H,3-4,6,9-16H2,1-2H3,(H,24,30). The van der Waals surface area contributed by atoms with Gasteiger partial charge in [0, 0.05) is 62.8 Å². The van der Waals surface area contributed by atoms with Crippen LogP contribution in [0.5, 0.6) is 0 Å². The maximum atomic E-state index is 12.6. The molecule has 1 aromatic carbocycles. The fourth-order valence-corrected chi connectivity index (χ4v) is 3.76. The Labute approximate surface area is 184 Å². The molecule has 0 atom stereocenters. The number of hydrogen-bond acceptors (Lipinski definition) is 3. The van der Waals surface area contributed by atoms with E-state index in [-0.39, 0.29) is 30.7 Å². The summed E-state index contributed by atoms with van der Waals surface area (Å²) in [6.07, 6.45) is 3.00. The van der Waals surface area contributed by atoms with Crippen molar-refractivity contribution in [3.8, 4) is 0 Å². The third kappa shape index (κ3) is 7.52. The van der Waals surface area contributed by atoms with Crippen LogP contribution in [0.3, 0.4) is 0 Å². The second kappa shape index (κ2) is 12.4. The van der Waals surface area contributed by atoms with Crippen LogP contribution in [-0.2, 0) is 9.59 Å². The average molecular weight is 437 g/mol. The Morgan fingerprint density at radius 3 is 2.33 bits per heavy atom. The first-order valence-electron chi connectivity index (χ1n) is 10.8. The number of halogens is 1. The molecule has 1 saturated heterocycles. The molecule has 0 aromatic heterocycles. The highest BCUT2D eigenvalue weighted by atomic mass is 35.5. The van der Waals surface area contributed by atoms with Crippen LogP contribution in [0.2, 0.25) is 5.02 Å². The first-order valence-corrected chi connectivity index (χ1v) is 11.2. The average Bonchev–Trinajstić information content (AvgIpc) is 2.98. The van der Waals surface area contributed by atoms with Crippen LogP contribution in [0, 0.1) is 0 Å². The quantitative estimate of drug-likeness (QED) is 0.672. The van der Waals surface area contributed by atoms with Crippen molar-refractivity contribution in [2.45, 2.75) is 46.0 Å². The van der Waals surface area contributed by atoms with Gasteiger partial charge in [-0.2, -0.15) is 0 Å². The van der Waals surface area contributed by atoms with Gasteiger partial charge in [-0.05, 0) is 37.5 Å². The molecule has 1 aliphatic heterocycles. The zero-order valence-electron chi connectivity index (χ0n) is 18.0. The monoisotopic (exact) mass is 436 g/mol. The molecule has 2 rings (SSSR count). The molecule has 7 nitrogen and oxygen atoms in total. The summed E-state index contributed by atoms with van der Waals surface area (Å²) in [6.45, 7) is 7.69. The molecular weight excluding hydrogens is 404 g/mol. The van der Waals surface area contributed by atoms with Gasteiger partial charge in [0.25, 0.3) is 0 Å². The zero-order chi connectivity index (χ0) is 21.9. The van der Waals surface area contributed by atoms with E-state index in [9.17, 15) is 14.4 Å². The van der Waals surface area contributed by atoms with E-state index in [1.54, 1.807) is 34.1 Å². The molecule has 1 aliphatic rings. The summed E-state index contributed by atoms with van der Waals surface area (Å²) in [4.78, 5) is 42.9. The molecule has 1 aromatic rings. The summed E-state index contributed by atoms with van der Waals surface area (Å²) in [6, 6.07) is 6.82. The molecule has 4 amide bonds. The Balaban J connectivity index is 1.81. The van der Waals surface area contributed by atoms with Crippen LogP contribution in [0.25, 0.3) is 0 Å². The Kier molecular flexibility index (Phi) is 9.94. The number of amides is 4. The number of anilines is 1. The molecule has 0 unspecified atom stereocenters. The minimum atomic E-state index is -0.198. The smallest absolute Gasteiger partial charge is 0.321 e. The normalized spacial score (nSPS) is 14.2. The third-order valence-electron chi connectivity index (χ3n) is 5.10. The van der Waals surface area contributed by atoms with Crippen molar-refractivity contribution in [3.05, 3.63) is 29.3 Å². The number of rotatable bonds is 8. The van der Waals surface area contributed by atoms with Crippen molar-refractivity contribution >= 4 is 35.1 Å². The van der Waals surface area contributed by atoms with Gasteiger partial charge in [0.2, 0.25) is 11.8 Å². The largest absolute Gasteiger partial charge is 0.343 e. The van der Waals surface area contributed by atoms with E-state index in [0.717, 1.165) is 25.9 Å². The lowest BCUT2D eigenvalue weighted by atomic mass is 10.2. The number of urea groups is 1. The lowest BCUT2D eigenvalue weighted by Crippen LogP contribution is -2.39. The molecule has 0 bridgehead atoms. The van der Waals surface area contributed by atoms with E-state index in [1.807, 2.05) is 18.7 Å². The van der Waals surface area contributed by atoms with Crippen molar-refractivity contribution in [3.63, 3.8) is 0 Å². The van der Waals surface area contributed by atoms with Gasteiger partial charge < -0.3 is 20.0 Å². The van der Waals surface area contributed by atoms with Gasteiger partial charge in [-0.1, -0.05) is 31.5 Å². The summed E-state index contributed by atoms with van der Waals surface area (Å²) in [5, 5.41) is 3.41. The predicted octanol–water partition coefficient (Wildman–Crippen LogP) is 3.84. The first-order chi connectivity index (χ1) is 14.4. The number of hydrogen-bond donors (Lipinski definition) is 1. The minimum Gasteiger partial charge on any atom is -0.343 e. The fourth-order valence-electron chi connectivity index (χ4n) is 3.57. The van der Waals surface area contributed by atoms with Gasteiger partial charge in [0.05, 0.1) is 0 Å². The van der Waals surface area contributed by atoms with E-state index >= 15 is 0 Å². The molecule has 0 radical (unpaired) electrons.